The van der Waals surface area contributed by atoms with Crippen LogP contribution in [0.1, 0.15) is 130 Å². The van der Waals surface area contributed by atoms with Crippen LogP contribution in [0.3, 0.4) is 0 Å². The Labute approximate surface area is 182 Å². The molecule has 0 rings (SSSR count). The monoisotopic (exact) mass is 495 g/mol. The molecule has 0 heterocycles. The zero-order chi connectivity index (χ0) is 19.5. The number of rotatable bonds is 20. The number of hydrogen-bond donors (Lipinski definition) is 1. The number of alkyl halides is 2. The van der Waals surface area contributed by atoms with E-state index < -0.39 is 0 Å². The summed E-state index contributed by atoms with van der Waals surface area (Å²) in [5.41, 5.74) is 0. The van der Waals surface area contributed by atoms with E-state index in [2.05, 4.69) is 57.9 Å². The van der Waals surface area contributed by atoms with Gasteiger partial charge < -0.3 is 0 Å². The van der Waals surface area contributed by atoms with Crippen molar-refractivity contribution in [1.29, 1.82) is 0 Å². The third-order valence-electron chi connectivity index (χ3n) is 5.40. The maximum atomic E-state index is 3.82. The zero-order valence-corrected chi connectivity index (χ0v) is 21.2. The van der Waals surface area contributed by atoms with Crippen molar-refractivity contribution in [1.82, 2.24) is 5.32 Å². The first-order chi connectivity index (χ1) is 12.5. The molecule has 0 amide bonds. The summed E-state index contributed by atoms with van der Waals surface area (Å²) in [5, 5.41) is 3.62. The lowest BCUT2D eigenvalue weighted by Gasteiger charge is -2.23. The molecule has 1 nitrogen and oxygen atoms in total. The average Bonchev–Trinajstić information content (AvgIpc) is 2.60. The van der Waals surface area contributed by atoms with E-state index in [1.807, 2.05) is 0 Å². The second kappa shape index (κ2) is 19.2. The topological polar surface area (TPSA) is 12.0 Å². The fourth-order valence-electron chi connectivity index (χ4n) is 3.53. The van der Waals surface area contributed by atoms with Gasteiger partial charge in [-0.05, 0) is 31.7 Å². The molecule has 0 spiro atoms. The minimum absolute atomic E-state index is 0.0526. The highest BCUT2D eigenvalue weighted by Gasteiger charge is 2.20. The number of nitrogens with one attached hydrogen (secondary N) is 1. The number of halogens is 2. The molecule has 0 aromatic rings. The summed E-state index contributed by atoms with van der Waals surface area (Å²) in [6, 6.07) is 0. The first-order valence-electron chi connectivity index (χ1n) is 11.6. The first kappa shape index (κ1) is 26.9. The lowest BCUT2D eigenvalue weighted by molar-refractivity contribution is 0.425. The van der Waals surface area contributed by atoms with E-state index in [0.29, 0.717) is 0 Å². The van der Waals surface area contributed by atoms with Crippen LogP contribution < -0.4 is 5.32 Å². The molecule has 0 aromatic heterocycles. The molecule has 0 aromatic carbocycles. The zero-order valence-electron chi connectivity index (χ0n) is 18.1. The van der Waals surface area contributed by atoms with Crippen LogP contribution in [-0.4, -0.2) is 9.90 Å². The van der Waals surface area contributed by atoms with Crippen LogP contribution in [0.4, 0.5) is 0 Å². The molecule has 1 unspecified atom stereocenters. The Kier molecular flexibility index (Phi) is 19.9. The predicted molar refractivity (Wildman–Crippen MR) is 128 cm³/mol. The van der Waals surface area contributed by atoms with Gasteiger partial charge in [-0.25, -0.2) is 0 Å². The van der Waals surface area contributed by atoms with E-state index in [1.54, 1.807) is 0 Å². The standard InChI is InChI=1S/C23H47Br2N/c1-4-6-8-10-11-12-13-15-18-22(3)19-17-20-23(24,25)26-21-16-14-9-7-5-2/h22,26H,4-21H2,1-3H3. The largest absolute Gasteiger partial charge is 0.293 e. The van der Waals surface area contributed by atoms with Crippen LogP contribution in [0.5, 0.6) is 0 Å². The fraction of sp³-hybridized carbons (Fsp3) is 1.00. The molecule has 0 aliphatic carbocycles. The Bertz CT molecular complexity index is 281. The molecule has 0 bridgehead atoms. The molecule has 0 fully saturated rings. The highest BCUT2D eigenvalue weighted by molar-refractivity contribution is 9.25. The quantitative estimate of drug-likeness (QED) is 0.100. The van der Waals surface area contributed by atoms with Crippen molar-refractivity contribution in [3.63, 3.8) is 0 Å². The Balaban J connectivity index is 3.47. The summed E-state index contributed by atoms with van der Waals surface area (Å²) in [6.07, 6.45) is 23.4. The van der Waals surface area contributed by atoms with E-state index in [0.717, 1.165) is 18.9 Å². The van der Waals surface area contributed by atoms with Crippen LogP contribution >= 0.6 is 31.9 Å². The second-order valence-electron chi connectivity index (χ2n) is 8.31. The number of unbranched alkanes of at least 4 members (excludes halogenated alkanes) is 11. The van der Waals surface area contributed by atoms with Gasteiger partial charge in [-0.1, -0.05) is 143 Å². The molecule has 1 atom stereocenters. The third kappa shape index (κ3) is 19.7. The highest BCUT2D eigenvalue weighted by Crippen LogP contribution is 2.30. The van der Waals surface area contributed by atoms with Crippen molar-refractivity contribution in [2.75, 3.05) is 6.54 Å². The van der Waals surface area contributed by atoms with E-state index >= 15 is 0 Å². The van der Waals surface area contributed by atoms with E-state index in [4.69, 9.17) is 0 Å². The summed E-state index contributed by atoms with van der Waals surface area (Å²) < 4.78 is -0.0526. The van der Waals surface area contributed by atoms with Crippen molar-refractivity contribution >= 4 is 31.9 Å². The lowest BCUT2D eigenvalue weighted by Crippen LogP contribution is -2.33. The second-order valence-corrected chi connectivity index (χ2v) is 12.1. The van der Waals surface area contributed by atoms with Crippen LogP contribution in [0.15, 0.2) is 0 Å². The summed E-state index contributed by atoms with van der Waals surface area (Å²) in [4.78, 5) is 0. The summed E-state index contributed by atoms with van der Waals surface area (Å²) in [6.45, 7) is 8.11. The van der Waals surface area contributed by atoms with Crippen LogP contribution in [0, 0.1) is 5.92 Å². The van der Waals surface area contributed by atoms with Gasteiger partial charge in [-0.2, -0.15) is 0 Å². The molecule has 0 aliphatic rings. The normalized spacial score (nSPS) is 13.3. The minimum atomic E-state index is -0.0526. The van der Waals surface area contributed by atoms with Gasteiger partial charge in [0.15, 0.2) is 0 Å². The van der Waals surface area contributed by atoms with E-state index in [1.165, 1.54) is 103 Å². The molecule has 0 radical (unpaired) electrons. The maximum Gasteiger partial charge on any atom is 0.130 e. The Morgan fingerprint density at radius 1 is 0.654 bits per heavy atom. The van der Waals surface area contributed by atoms with E-state index in [9.17, 15) is 0 Å². The Hall–Kier alpha value is 0.920. The van der Waals surface area contributed by atoms with Crippen LogP contribution in [-0.2, 0) is 0 Å². The Morgan fingerprint density at radius 2 is 1.12 bits per heavy atom. The van der Waals surface area contributed by atoms with Crippen LogP contribution in [0.25, 0.3) is 0 Å². The molecular weight excluding hydrogens is 450 g/mol. The van der Waals surface area contributed by atoms with Gasteiger partial charge in [0.1, 0.15) is 3.36 Å². The highest BCUT2D eigenvalue weighted by atomic mass is 79.9. The minimum Gasteiger partial charge on any atom is -0.293 e. The third-order valence-corrected chi connectivity index (χ3v) is 6.76. The van der Waals surface area contributed by atoms with Gasteiger partial charge in [0.05, 0.1) is 0 Å². The van der Waals surface area contributed by atoms with Crippen molar-refractivity contribution in [2.45, 2.75) is 133 Å². The SMILES string of the molecule is CCCCCCCCCCC(C)CCCC(Br)(Br)NCCCCCCC. The first-order valence-corrected chi connectivity index (χ1v) is 13.2. The average molecular weight is 497 g/mol. The van der Waals surface area contributed by atoms with Crippen molar-refractivity contribution < 1.29 is 0 Å². The van der Waals surface area contributed by atoms with Crippen molar-refractivity contribution in [2.24, 2.45) is 5.92 Å². The van der Waals surface area contributed by atoms with Gasteiger partial charge in [0.2, 0.25) is 0 Å². The summed E-state index contributed by atoms with van der Waals surface area (Å²) in [7, 11) is 0. The molecule has 0 aliphatic heterocycles. The molecular formula is C23H47Br2N. The van der Waals surface area contributed by atoms with E-state index in [-0.39, 0.29) is 3.36 Å². The molecule has 0 saturated heterocycles. The van der Waals surface area contributed by atoms with Crippen molar-refractivity contribution in [3.05, 3.63) is 0 Å². The van der Waals surface area contributed by atoms with Gasteiger partial charge in [0, 0.05) is 0 Å². The van der Waals surface area contributed by atoms with Crippen molar-refractivity contribution in [3.8, 4) is 0 Å². The predicted octanol–water partition coefficient (Wildman–Crippen LogP) is 9.33. The fourth-order valence-corrected chi connectivity index (χ4v) is 4.49. The van der Waals surface area contributed by atoms with Gasteiger partial charge >= 0.3 is 0 Å². The molecule has 3 heteroatoms. The van der Waals surface area contributed by atoms with Gasteiger partial charge in [-0.15, -0.1) is 0 Å². The molecule has 158 valence electrons. The maximum absolute atomic E-state index is 3.82. The summed E-state index contributed by atoms with van der Waals surface area (Å²) in [5.74, 6) is 0.875. The van der Waals surface area contributed by atoms with Crippen LogP contribution in [0.2, 0.25) is 0 Å². The molecule has 1 N–H and O–H groups in total. The molecule has 26 heavy (non-hydrogen) atoms. The van der Waals surface area contributed by atoms with Gasteiger partial charge in [0.25, 0.3) is 0 Å². The lowest BCUT2D eigenvalue weighted by atomic mass is 9.96. The molecule has 0 saturated carbocycles. The Morgan fingerprint density at radius 3 is 1.69 bits per heavy atom. The smallest absolute Gasteiger partial charge is 0.130 e. The summed E-state index contributed by atoms with van der Waals surface area (Å²) >= 11 is 7.64. The van der Waals surface area contributed by atoms with Gasteiger partial charge in [-0.3, -0.25) is 5.32 Å². The number of hydrogen-bond acceptors (Lipinski definition) is 1.